The molecular weight excluding hydrogens is 585 g/mol. The van der Waals surface area contributed by atoms with Crippen LogP contribution >= 0.6 is 0 Å². The van der Waals surface area contributed by atoms with E-state index in [1.165, 1.54) is 54.2 Å². The van der Waals surface area contributed by atoms with Crippen LogP contribution in [0.5, 0.6) is 0 Å². The molecule has 11 rings (SSSR count). The maximum absolute atomic E-state index is 5.34. The molecule has 3 heterocycles. The van der Waals surface area contributed by atoms with Gasteiger partial charge in [0.05, 0.1) is 27.6 Å². The molecule has 0 fully saturated rings. The summed E-state index contributed by atoms with van der Waals surface area (Å²) in [7, 11) is 0. The molecule has 0 amide bonds. The molecular formula is C44H26N4. The second-order valence-electron chi connectivity index (χ2n) is 12.6. The summed E-state index contributed by atoms with van der Waals surface area (Å²) < 4.78 is 4.54. The SMILES string of the molecule is c1ccc2c(c1)ccc1c3ccccc3c(-c3ccc4c(c3)c3ccccc3n4-c3nc4ccccc4c4nc5ccccc5n34)cc21. The van der Waals surface area contributed by atoms with E-state index in [1.54, 1.807) is 0 Å². The van der Waals surface area contributed by atoms with Crippen molar-refractivity contribution >= 4 is 81.7 Å². The highest BCUT2D eigenvalue weighted by Crippen LogP contribution is 2.41. The Bertz CT molecular complexity index is 3130. The van der Waals surface area contributed by atoms with Gasteiger partial charge in [0.2, 0.25) is 5.95 Å². The Kier molecular flexibility index (Phi) is 5.08. The second kappa shape index (κ2) is 9.50. The Balaban J connectivity index is 1.25. The number of imidazole rings is 1. The van der Waals surface area contributed by atoms with Crippen LogP contribution in [0.2, 0.25) is 0 Å². The Morgan fingerprint density at radius 1 is 0.375 bits per heavy atom. The van der Waals surface area contributed by atoms with Gasteiger partial charge in [0, 0.05) is 16.2 Å². The van der Waals surface area contributed by atoms with Gasteiger partial charge >= 0.3 is 0 Å². The quantitative estimate of drug-likeness (QED) is 0.183. The molecule has 0 radical (unpaired) electrons. The number of hydrogen-bond acceptors (Lipinski definition) is 2. The van der Waals surface area contributed by atoms with Gasteiger partial charge in [-0.1, -0.05) is 109 Å². The molecule has 0 spiro atoms. The Morgan fingerprint density at radius 2 is 1.02 bits per heavy atom. The van der Waals surface area contributed by atoms with Crippen LogP contribution < -0.4 is 0 Å². The fourth-order valence-corrected chi connectivity index (χ4v) is 7.93. The van der Waals surface area contributed by atoms with Crippen molar-refractivity contribution in [1.29, 1.82) is 0 Å². The average molecular weight is 611 g/mol. The summed E-state index contributed by atoms with van der Waals surface area (Å²) in [5.74, 6) is 0.832. The van der Waals surface area contributed by atoms with E-state index in [0.717, 1.165) is 44.6 Å². The maximum atomic E-state index is 5.34. The highest BCUT2D eigenvalue weighted by Gasteiger charge is 2.20. The topological polar surface area (TPSA) is 35.1 Å². The lowest BCUT2D eigenvalue weighted by Crippen LogP contribution is -2.06. The summed E-state index contributed by atoms with van der Waals surface area (Å²) in [6.07, 6.45) is 0. The molecule has 0 saturated carbocycles. The van der Waals surface area contributed by atoms with E-state index in [1.807, 2.05) is 12.1 Å². The number of benzene rings is 8. The molecule has 0 bridgehead atoms. The Labute approximate surface area is 274 Å². The summed E-state index contributed by atoms with van der Waals surface area (Å²) in [4.78, 5) is 10.5. The number of aromatic nitrogens is 4. The van der Waals surface area contributed by atoms with E-state index in [9.17, 15) is 0 Å². The van der Waals surface area contributed by atoms with Gasteiger partial charge in [-0.2, -0.15) is 0 Å². The predicted octanol–water partition coefficient (Wildman–Crippen LogP) is 11.3. The van der Waals surface area contributed by atoms with E-state index in [-0.39, 0.29) is 0 Å². The van der Waals surface area contributed by atoms with Gasteiger partial charge in [-0.15, -0.1) is 0 Å². The molecule has 3 aromatic heterocycles. The highest BCUT2D eigenvalue weighted by molar-refractivity contribution is 6.21. The first-order valence-electron chi connectivity index (χ1n) is 16.3. The van der Waals surface area contributed by atoms with Crippen LogP contribution in [0.15, 0.2) is 158 Å². The second-order valence-corrected chi connectivity index (χ2v) is 12.6. The first-order valence-corrected chi connectivity index (χ1v) is 16.3. The Morgan fingerprint density at radius 3 is 1.90 bits per heavy atom. The number of para-hydroxylation sites is 4. The molecule has 48 heavy (non-hydrogen) atoms. The van der Waals surface area contributed by atoms with E-state index < -0.39 is 0 Å². The maximum Gasteiger partial charge on any atom is 0.221 e. The monoisotopic (exact) mass is 610 g/mol. The molecule has 8 aromatic carbocycles. The minimum absolute atomic E-state index is 0.832. The van der Waals surface area contributed by atoms with Crippen LogP contribution in [0.25, 0.3) is 98.8 Å². The minimum Gasteiger partial charge on any atom is -0.279 e. The average Bonchev–Trinajstić information content (AvgIpc) is 3.70. The smallest absolute Gasteiger partial charge is 0.221 e. The molecule has 0 atom stereocenters. The van der Waals surface area contributed by atoms with Gasteiger partial charge in [0.15, 0.2) is 0 Å². The van der Waals surface area contributed by atoms with E-state index >= 15 is 0 Å². The van der Waals surface area contributed by atoms with Crippen LogP contribution in [-0.2, 0) is 0 Å². The van der Waals surface area contributed by atoms with Crippen LogP contribution in [0.4, 0.5) is 0 Å². The summed E-state index contributed by atoms with van der Waals surface area (Å²) in [5.41, 5.74) is 8.48. The molecule has 4 nitrogen and oxygen atoms in total. The van der Waals surface area contributed by atoms with Gasteiger partial charge in [-0.3, -0.25) is 8.97 Å². The molecule has 0 N–H and O–H groups in total. The third-order valence-electron chi connectivity index (χ3n) is 10.1. The lowest BCUT2D eigenvalue weighted by molar-refractivity contribution is 0.979. The number of rotatable bonds is 2. The largest absolute Gasteiger partial charge is 0.279 e. The fourth-order valence-electron chi connectivity index (χ4n) is 7.93. The molecule has 0 unspecified atom stereocenters. The first kappa shape index (κ1) is 25.6. The van der Waals surface area contributed by atoms with Crippen molar-refractivity contribution in [2.45, 2.75) is 0 Å². The summed E-state index contributed by atoms with van der Waals surface area (Å²) >= 11 is 0. The van der Waals surface area contributed by atoms with Crippen molar-refractivity contribution in [2.24, 2.45) is 0 Å². The van der Waals surface area contributed by atoms with E-state index in [0.29, 0.717) is 0 Å². The van der Waals surface area contributed by atoms with E-state index in [2.05, 4.69) is 155 Å². The van der Waals surface area contributed by atoms with Crippen molar-refractivity contribution in [3.63, 3.8) is 0 Å². The third-order valence-corrected chi connectivity index (χ3v) is 10.1. The number of fused-ring (bicyclic) bond motifs is 13. The molecule has 0 aliphatic rings. The zero-order chi connectivity index (χ0) is 31.3. The van der Waals surface area contributed by atoms with Crippen molar-refractivity contribution in [3.05, 3.63) is 158 Å². The van der Waals surface area contributed by atoms with Crippen molar-refractivity contribution in [1.82, 2.24) is 18.9 Å². The van der Waals surface area contributed by atoms with Crippen molar-refractivity contribution < 1.29 is 0 Å². The fraction of sp³-hybridized carbons (Fsp3) is 0. The zero-order valence-corrected chi connectivity index (χ0v) is 25.8. The highest BCUT2D eigenvalue weighted by atomic mass is 15.2. The van der Waals surface area contributed by atoms with Gasteiger partial charge < -0.3 is 0 Å². The number of nitrogens with zero attached hydrogens (tertiary/aromatic N) is 4. The normalized spacial score (nSPS) is 12.2. The van der Waals surface area contributed by atoms with Gasteiger partial charge in [-0.05, 0) is 92.0 Å². The summed E-state index contributed by atoms with van der Waals surface area (Å²) in [5, 5.41) is 11.0. The lowest BCUT2D eigenvalue weighted by Gasteiger charge is -2.14. The number of hydrogen-bond donors (Lipinski definition) is 0. The predicted molar refractivity (Wildman–Crippen MR) is 200 cm³/mol. The van der Waals surface area contributed by atoms with Gasteiger partial charge in [0.25, 0.3) is 0 Å². The van der Waals surface area contributed by atoms with Crippen molar-refractivity contribution in [2.75, 3.05) is 0 Å². The van der Waals surface area contributed by atoms with E-state index in [4.69, 9.17) is 9.97 Å². The molecule has 222 valence electrons. The molecule has 11 aromatic rings. The molecule has 0 aliphatic heterocycles. The third kappa shape index (κ3) is 3.43. The van der Waals surface area contributed by atoms with Gasteiger partial charge in [-0.25, -0.2) is 9.97 Å². The Hall–Kier alpha value is -6.52. The lowest BCUT2D eigenvalue weighted by atomic mass is 9.90. The zero-order valence-electron chi connectivity index (χ0n) is 25.8. The van der Waals surface area contributed by atoms with Crippen LogP contribution in [0.3, 0.4) is 0 Å². The standard InChI is InChI=1S/C44H26N4/c1-2-12-29-27(11-1)21-23-32-30-13-3-4-14-31(30)35(26-36(29)32)28-22-24-41-37(25-28)33-15-6-9-19-40(33)47(41)44-46-38-17-7-5-16-34(38)43-45-39-18-8-10-20-42(39)48(43)44/h1-26H. The van der Waals surface area contributed by atoms with Crippen molar-refractivity contribution in [3.8, 4) is 17.1 Å². The minimum atomic E-state index is 0.832. The van der Waals surface area contributed by atoms with Crippen LogP contribution in [0, 0.1) is 0 Å². The molecule has 0 saturated heterocycles. The molecule has 0 aliphatic carbocycles. The first-order chi connectivity index (χ1) is 23.8. The summed E-state index contributed by atoms with van der Waals surface area (Å²) in [6.45, 7) is 0. The van der Waals surface area contributed by atoms with Gasteiger partial charge in [0.1, 0.15) is 5.65 Å². The van der Waals surface area contributed by atoms with Crippen LogP contribution in [0.1, 0.15) is 0 Å². The summed E-state index contributed by atoms with van der Waals surface area (Å²) in [6, 6.07) is 56.7. The van der Waals surface area contributed by atoms with Crippen LogP contribution in [-0.4, -0.2) is 18.9 Å². The molecule has 4 heteroatoms.